The summed E-state index contributed by atoms with van der Waals surface area (Å²) < 4.78 is 0. The number of rotatable bonds is 3. The number of likely N-dealkylation sites (tertiary alicyclic amines) is 1. The summed E-state index contributed by atoms with van der Waals surface area (Å²) in [4.78, 5) is 27.5. The molecule has 1 aliphatic heterocycles. The van der Waals surface area contributed by atoms with Crippen molar-refractivity contribution in [2.75, 3.05) is 11.9 Å². The van der Waals surface area contributed by atoms with Gasteiger partial charge < -0.3 is 10.2 Å². The molecule has 0 aromatic heterocycles. The summed E-state index contributed by atoms with van der Waals surface area (Å²) in [6, 6.07) is 11.9. The second-order valence-electron chi connectivity index (χ2n) is 6.47. The summed E-state index contributed by atoms with van der Waals surface area (Å²) in [6.07, 6.45) is 3.14. The molecule has 1 N–H and O–H groups in total. The monoisotopic (exact) mass is 390 g/mol. The lowest BCUT2D eigenvalue weighted by Gasteiger charge is -2.34. The van der Waals surface area contributed by atoms with Crippen LogP contribution in [0.15, 0.2) is 42.5 Å². The van der Waals surface area contributed by atoms with E-state index in [1.165, 1.54) is 6.07 Å². The first kappa shape index (κ1) is 18.7. The van der Waals surface area contributed by atoms with Crippen molar-refractivity contribution in [3.63, 3.8) is 0 Å². The normalized spacial score (nSPS) is 17.0. The molecule has 1 fully saturated rings. The Bertz CT molecular complexity index is 838. The zero-order valence-electron chi connectivity index (χ0n) is 14.5. The van der Waals surface area contributed by atoms with Crippen LogP contribution in [0.2, 0.25) is 10.0 Å². The highest BCUT2D eigenvalue weighted by Gasteiger charge is 2.26. The molecule has 1 atom stereocenters. The maximum absolute atomic E-state index is 13.0. The van der Waals surface area contributed by atoms with Crippen molar-refractivity contribution in [3.8, 4) is 0 Å². The van der Waals surface area contributed by atoms with E-state index in [0.29, 0.717) is 21.8 Å². The Balaban J connectivity index is 1.85. The van der Waals surface area contributed by atoms with E-state index in [0.717, 1.165) is 25.8 Å². The van der Waals surface area contributed by atoms with Crippen LogP contribution in [0.4, 0.5) is 5.69 Å². The fraction of sp³-hybridized carbons (Fsp3) is 0.300. The number of amides is 2. The standard InChI is InChI=1S/C20H20Cl2N2O2/c1-13-6-4-5-11-24(13)20(26)16-7-2-3-8-18(16)23-19(25)15-10-9-14(21)12-17(15)22/h2-3,7-10,12-13H,4-6,11H2,1H3,(H,23,25)/t13-/m0/s1. The SMILES string of the molecule is C[C@H]1CCCCN1C(=O)c1ccccc1NC(=O)c1ccc(Cl)cc1Cl. The van der Waals surface area contributed by atoms with E-state index in [9.17, 15) is 9.59 Å². The molecule has 6 heteroatoms. The van der Waals surface area contributed by atoms with Crippen molar-refractivity contribution in [3.05, 3.63) is 63.6 Å². The fourth-order valence-corrected chi connectivity index (χ4v) is 3.69. The number of halogens is 2. The number of carbonyl (C=O) groups excluding carboxylic acids is 2. The van der Waals surface area contributed by atoms with Crippen LogP contribution in [0.1, 0.15) is 46.9 Å². The number of anilines is 1. The van der Waals surface area contributed by atoms with Crippen molar-refractivity contribution in [2.45, 2.75) is 32.2 Å². The molecule has 0 saturated carbocycles. The van der Waals surface area contributed by atoms with Gasteiger partial charge in [-0.2, -0.15) is 0 Å². The van der Waals surface area contributed by atoms with Gasteiger partial charge in [0.15, 0.2) is 0 Å². The number of para-hydroxylation sites is 1. The molecule has 1 saturated heterocycles. The first-order valence-corrected chi connectivity index (χ1v) is 9.39. The van der Waals surface area contributed by atoms with Crippen LogP contribution in [-0.4, -0.2) is 29.3 Å². The molecule has 0 spiro atoms. The highest BCUT2D eigenvalue weighted by molar-refractivity contribution is 6.37. The summed E-state index contributed by atoms with van der Waals surface area (Å²) in [5.74, 6) is -0.436. The first-order chi connectivity index (χ1) is 12.5. The minimum atomic E-state index is -0.376. The average Bonchev–Trinajstić information content (AvgIpc) is 2.62. The van der Waals surface area contributed by atoms with E-state index >= 15 is 0 Å². The number of piperidine rings is 1. The summed E-state index contributed by atoms with van der Waals surface area (Å²) in [6.45, 7) is 2.80. The van der Waals surface area contributed by atoms with E-state index in [1.807, 2.05) is 4.90 Å². The smallest absolute Gasteiger partial charge is 0.257 e. The van der Waals surface area contributed by atoms with Crippen LogP contribution >= 0.6 is 23.2 Å². The maximum Gasteiger partial charge on any atom is 0.257 e. The minimum Gasteiger partial charge on any atom is -0.336 e. The van der Waals surface area contributed by atoms with Gasteiger partial charge in [0, 0.05) is 17.6 Å². The van der Waals surface area contributed by atoms with E-state index in [4.69, 9.17) is 23.2 Å². The number of hydrogen-bond acceptors (Lipinski definition) is 2. The van der Waals surface area contributed by atoms with Gasteiger partial charge in [-0.3, -0.25) is 9.59 Å². The van der Waals surface area contributed by atoms with Crippen LogP contribution in [0, 0.1) is 0 Å². The zero-order chi connectivity index (χ0) is 18.7. The largest absolute Gasteiger partial charge is 0.336 e. The summed E-state index contributed by atoms with van der Waals surface area (Å²) >= 11 is 12.0. The van der Waals surface area contributed by atoms with Crippen molar-refractivity contribution in [1.29, 1.82) is 0 Å². The third-order valence-corrected chi connectivity index (χ3v) is 5.19. The molecule has 2 amide bonds. The van der Waals surface area contributed by atoms with Crippen molar-refractivity contribution >= 4 is 40.7 Å². The lowest BCUT2D eigenvalue weighted by molar-refractivity contribution is 0.0636. The van der Waals surface area contributed by atoms with Gasteiger partial charge in [0.2, 0.25) is 0 Å². The molecular weight excluding hydrogens is 371 g/mol. The fourth-order valence-electron chi connectivity index (χ4n) is 3.20. The van der Waals surface area contributed by atoms with Gasteiger partial charge in [-0.15, -0.1) is 0 Å². The molecular formula is C20H20Cl2N2O2. The van der Waals surface area contributed by atoms with Crippen molar-refractivity contribution < 1.29 is 9.59 Å². The molecule has 0 unspecified atom stereocenters. The number of nitrogens with zero attached hydrogens (tertiary/aromatic N) is 1. The second-order valence-corrected chi connectivity index (χ2v) is 7.31. The summed E-state index contributed by atoms with van der Waals surface area (Å²) in [5.41, 5.74) is 1.27. The second kappa shape index (κ2) is 8.11. The topological polar surface area (TPSA) is 49.4 Å². The van der Waals surface area contributed by atoms with Gasteiger partial charge in [-0.1, -0.05) is 35.3 Å². The van der Waals surface area contributed by atoms with Crippen LogP contribution in [0.5, 0.6) is 0 Å². The molecule has 26 heavy (non-hydrogen) atoms. The van der Waals surface area contributed by atoms with Gasteiger partial charge >= 0.3 is 0 Å². The van der Waals surface area contributed by atoms with Crippen LogP contribution in [0.3, 0.4) is 0 Å². The quantitative estimate of drug-likeness (QED) is 0.776. The molecule has 0 bridgehead atoms. The molecule has 2 aromatic rings. The van der Waals surface area contributed by atoms with Crippen molar-refractivity contribution in [2.24, 2.45) is 0 Å². The molecule has 0 aliphatic carbocycles. The number of hydrogen-bond donors (Lipinski definition) is 1. The van der Waals surface area contributed by atoms with E-state index in [-0.39, 0.29) is 22.9 Å². The molecule has 0 radical (unpaired) electrons. The summed E-state index contributed by atoms with van der Waals surface area (Å²) in [7, 11) is 0. The Labute approximate surface area is 163 Å². The Morgan fingerprint density at radius 2 is 1.85 bits per heavy atom. The predicted molar refractivity (Wildman–Crippen MR) is 105 cm³/mol. The van der Waals surface area contributed by atoms with Crippen LogP contribution in [-0.2, 0) is 0 Å². The first-order valence-electron chi connectivity index (χ1n) is 8.64. The highest BCUT2D eigenvalue weighted by Crippen LogP contribution is 2.25. The Morgan fingerprint density at radius 1 is 1.08 bits per heavy atom. The van der Waals surface area contributed by atoms with Gasteiger partial charge in [0.25, 0.3) is 11.8 Å². The van der Waals surface area contributed by atoms with E-state index in [1.54, 1.807) is 36.4 Å². The molecule has 1 heterocycles. The summed E-state index contributed by atoms with van der Waals surface area (Å²) in [5, 5.41) is 3.53. The van der Waals surface area contributed by atoms with Gasteiger partial charge in [-0.05, 0) is 56.5 Å². The van der Waals surface area contributed by atoms with Gasteiger partial charge in [0.05, 0.1) is 21.8 Å². The van der Waals surface area contributed by atoms with Crippen LogP contribution in [0.25, 0.3) is 0 Å². The number of benzene rings is 2. The molecule has 2 aromatic carbocycles. The van der Waals surface area contributed by atoms with E-state index in [2.05, 4.69) is 12.2 Å². The van der Waals surface area contributed by atoms with Crippen LogP contribution < -0.4 is 5.32 Å². The zero-order valence-corrected chi connectivity index (χ0v) is 16.0. The van der Waals surface area contributed by atoms with Gasteiger partial charge in [0.1, 0.15) is 0 Å². The third-order valence-electron chi connectivity index (χ3n) is 4.65. The Hall–Kier alpha value is -2.04. The molecule has 136 valence electrons. The number of carbonyl (C=O) groups is 2. The molecule has 4 nitrogen and oxygen atoms in total. The maximum atomic E-state index is 13.0. The lowest BCUT2D eigenvalue weighted by Crippen LogP contribution is -2.42. The molecule has 3 rings (SSSR count). The van der Waals surface area contributed by atoms with Gasteiger partial charge in [-0.25, -0.2) is 0 Å². The predicted octanol–water partition coefficient (Wildman–Crippen LogP) is 5.26. The average molecular weight is 391 g/mol. The Kier molecular flexibility index (Phi) is 5.84. The molecule has 1 aliphatic rings. The van der Waals surface area contributed by atoms with Crippen molar-refractivity contribution in [1.82, 2.24) is 4.90 Å². The number of nitrogens with one attached hydrogen (secondary N) is 1. The van der Waals surface area contributed by atoms with E-state index < -0.39 is 0 Å². The lowest BCUT2D eigenvalue weighted by atomic mass is 10.0. The highest BCUT2D eigenvalue weighted by atomic mass is 35.5. The minimum absolute atomic E-state index is 0.0599. The third kappa shape index (κ3) is 4.02. The Morgan fingerprint density at radius 3 is 2.58 bits per heavy atom.